The SMILES string of the molecule is Cc1nc(CC2CCN(C(=O)CN(C)CCNC(C=O)CC(C)C)CC2)n(C2CC2)c1C. The van der Waals surface area contributed by atoms with Crippen molar-refractivity contribution in [2.45, 2.75) is 78.3 Å². The van der Waals surface area contributed by atoms with Gasteiger partial charge in [-0.15, -0.1) is 0 Å². The van der Waals surface area contributed by atoms with Crippen LogP contribution in [0.3, 0.4) is 0 Å². The third-order valence-electron chi connectivity index (χ3n) is 7.01. The second-order valence-corrected chi connectivity index (χ2v) is 10.4. The fourth-order valence-electron chi connectivity index (χ4n) is 4.85. The lowest BCUT2D eigenvalue weighted by Crippen LogP contribution is -2.45. The van der Waals surface area contributed by atoms with Crippen molar-refractivity contribution in [3.8, 4) is 0 Å². The van der Waals surface area contributed by atoms with Crippen molar-refractivity contribution in [3.05, 3.63) is 17.2 Å². The Morgan fingerprint density at radius 3 is 2.50 bits per heavy atom. The summed E-state index contributed by atoms with van der Waals surface area (Å²) in [6.45, 7) is 12.2. The molecule has 0 aromatic carbocycles. The van der Waals surface area contributed by atoms with Crippen molar-refractivity contribution in [2.75, 3.05) is 39.8 Å². The Morgan fingerprint density at radius 1 is 1.22 bits per heavy atom. The van der Waals surface area contributed by atoms with Crippen LogP contribution in [0.2, 0.25) is 0 Å². The average Bonchev–Trinajstić information content (AvgIpc) is 3.53. The fraction of sp³-hybridized carbons (Fsp3) is 0.800. The minimum Gasteiger partial charge on any atom is -0.342 e. The van der Waals surface area contributed by atoms with Crippen LogP contribution in [0.25, 0.3) is 0 Å². The van der Waals surface area contributed by atoms with Crippen molar-refractivity contribution in [1.29, 1.82) is 0 Å². The zero-order valence-electron chi connectivity index (χ0n) is 20.8. The van der Waals surface area contributed by atoms with Crippen molar-refractivity contribution < 1.29 is 9.59 Å². The van der Waals surface area contributed by atoms with E-state index in [9.17, 15) is 9.59 Å². The maximum atomic E-state index is 12.8. The Morgan fingerprint density at radius 2 is 1.91 bits per heavy atom. The lowest BCUT2D eigenvalue weighted by atomic mass is 9.93. The van der Waals surface area contributed by atoms with Gasteiger partial charge in [-0.2, -0.15) is 0 Å². The van der Waals surface area contributed by atoms with Gasteiger partial charge in [0, 0.05) is 44.3 Å². The number of nitrogens with zero attached hydrogens (tertiary/aromatic N) is 4. The number of likely N-dealkylation sites (tertiary alicyclic amines) is 1. The zero-order valence-corrected chi connectivity index (χ0v) is 20.8. The second-order valence-electron chi connectivity index (χ2n) is 10.4. The van der Waals surface area contributed by atoms with Gasteiger partial charge in [-0.3, -0.25) is 9.69 Å². The highest BCUT2D eigenvalue weighted by Crippen LogP contribution is 2.38. The number of likely N-dealkylation sites (N-methyl/N-ethyl adjacent to an activating group) is 1. The molecule has 1 amide bonds. The summed E-state index contributed by atoms with van der Waals surface area (Å²) in [6, 6.07) is 0.575. The van der Waals surface area contributed by atoms with Gasteiger partial charge in [-0.25, -0.2) is 4.98 Å². The van der Waals surface area contributed by atoms with E-state index >= 15 is 0 Å². The number of aromatic nitrogens is 2. The molecule has 3 rings (SSSR count). The molecule has 2 heterocycles. The molecule has 0 radical (unpaired) electrons. The predicted molar refractivity (Wildman–Crippen MR) is 128 cm³/mol. The van der Waals surface area contributed by atoms with Gasteiger partial charge < -0.3 is 19.6 Å². The second kappa shape index (κ2) is 11.4. The van der Waals surface area contributed by atoms with Gasteiger partial charge in [0.2, 0.25) is 5.91 Å². The van der Waals surface area contributed by atoms with E-state index in [-0.39, 0.29) is 11.9 Å². The molecule has 32 heavy (non-hydrogen) atoms. The molecule has 0 spiro atoms. The first-order valence-electron chi connectivity index (χ1n) is 12.5. The number of amides is 1. The van der Waals surface area contributed by atoms with Crippen LogP contribution >= 0.6 is 0 Å². The third kappa shape index (κ3) is 6.88. The van der Waals surface area contributed by atoms with E-state index in [0.29, 0.717) is 31.0 Å². The van der Waals surface area contributed by atoms with Crippen LogP contribution in [-0.4, -0.2) is 77.4 Å². The van der Waals surface area contributed by atoms with Crippen LogP contribution in [0, 0.1) is 25.7 Å². The number of hydrogen-bond acceptors (Lipinski definition) is 5. The summed E-state index contributed by atoms with van der Waals surface area (Å²) in [6.07, 6.45) is 7.56. The lowest BCUT2D eigenvalue weighted by Gasteiger charge is -2.33. The molecule has 1 N–H and O–H groups in total. The maximum absolute atomic E-state index is 12.8. The normalized spacial score (nSPS) is 18.5. The molecule has 0 bridgehead atoms. The highest BCUT2D eigenvalue weighted by Gasteiger charge is 2.30. The van der Waals surface area contributed by atoms with Crippen molar-refractivity contribution in [3.63, 3.8) is 0 Å². The van der Waals surface area contributed by atoms with Gasteiger partial charge >= 0.3 is 0 Å². The van der Waals surface area contributed by atoms with Gasteiger partial charge in [0.15, 0.2) is 0 Å². The monoisotopic (exact) mass is 445 g/mol. The van der Waals surface area contributed by atoms with E-state index in [2.05, 4.69) is 42.5 Å². The standard InChI is InChI=1S/C25H43N5O2/c1-18(2)14-22(17-31)26-10-13-28(5)16-25(32)29-11-8-21(9-12-29)15-24-27-19(3)20(4)30(24)23-6-7-23/h17-18,21-23,26H,6-16H2,1-5H3. The number of nitrogens with one attached hydrogen (secondary N) is 1. The van der Waals surface area contributed by atoms with Crippen LogP contribution in [0.1, 0.15) is 69.2 Å². The molecule has 2 aliphatic rings. The molecule has 1 aromatic rings. The number of piperidine rings is 1. The Hall–Kier alpha value is -1.73. The quantitative estimate of drug-likeness (QED) is 0.501. The Balaban J connectivity index is 1.38. The molecule has 7 nitrogen and oxygen atoms in total. The lowest BCUT2D eigenvalue weighted by molar-refractivity contribution is -0.133. The largest absolute Gasteiger partial charge is 0.342 e. The van der Waals surface area contributed by atoms with Crippen LogP contribution in [0.15, 0.2) is 0 Å². The molecular formula is C25H43N5O2. The molecule has 1 saturated heterocycles. The Kier molecular flexibility index (Phi) is 8.88. The van der Waals surface area contributed by atoms with E-state index in [0.717, 1.165) is 51.6 Å². The first kappa shape index (κ1) is 24.9. The van der Waals surface area contributed by atoms with Crippen LogP contribution in [0.5, 0.6) is 0 Å². The Bertz CT molecular complexity index is 763. The van der Waals surface area contributed by atoms with E-state index in [1.807, 2.05) is 11.9 Å². The molecule has 1 aromatic heterocycles. The molecule has 2 fully saturated rings. The van der Waals surface area contributed by atoms with Crippen LogP contribution in [0.4, 0.5) is 0 Å². The summed E-state index contributed by atoms with van der Waals surface area (Å²) in [5, 5.41) is 3.29. The predicted octanol–water partition coefficient (Wildman–Crippen LogP) is 2.75. The molecule has 7 heteroatoms. The van der Waals surface area contributed by atoms with E-state index < -0.39 is 0 Å². The van der Waals surface area contributed by atoms with E-state index in [1.54, 1.807) is 0 Å². The van der Waals surface area contributed by atoms with E-state index in [1.165, 1.54) is 30.1 Å². The average molecular weight is 446 g/mol. The van der Waals surface area contributed by atoms with Crippen LogP contribution in [-0.2, 0) is 16.0 Å². The topological polar surface area (TPSA) is 70.5 Å². The van der Waals surface area contributed by atoms with Crippen molar-refractivity contribution in [1.82, 2.24) is 24.7 Å². The number of aryl methyl sites for hydroxylation is 1. The summed E-state index contributed by atoms with van der Waals surface area (Å²) in [5.41, 5.74) is 2.50. The van der Waals surface area contributed by atoms with E-state index in [4.69, 9.17) is 4.98 Å². The summed E-state index contributed by atoms with van der Waals surface area (Å²) in [7, 11) is 1.98. The minimum atomic E-state index is -0.0961. The number of rotatable bonds is 12. The molecule has 1 saturated carbocycles. The Labute approximate surface area is 193 Å². The molecule has 1 unspecified atom stereocenters. The first-order chi connectivity index (χ1) is 15.3. The molecule has 1 aliphatic heterocycles. The smallest absolute Gasteiger partial charge is 0.236 e. The number of hydrogen-bond donors (Lipinski definition) is 1. The first-order valence-corrected chi connectivity index (χ1v) is 12.5. The number of carbonyl (C=O) groups excluding carboxylic acids is 2. The summed E-state index contributed by atoms with van der Waals surface area (Å²) in [4.78, 5) is 32.9. The number of aldehydes is 1. The molecule has 180 valence electrons. The summed E-state index contributed by atoms with van der Waals surface area (Å²) >= 11 is 0. The zero-order chi connectivity index (χ0) is 23.3. The number of carbonyl (C=O) groups is 2. The number of imidazole rings is 1. The van der Waals surface area contributed by atoms with Gasteiger partial charge in [-0.05, 0) is 64.8 Å². The third-order valence-corrected chi connectivity index (χ3v) is 7.01. The van der Waals surface area contributed by atoms with Gasteiger partial charge in [-0.1, -0.05) is 13.8 Å². The van der Waals surface area contributed by atoms with Crippen LogP contribution < -0.4 is 5.32 Å². The maximum Gasteiger partial charge on any atom is 0.236 e. The highest BCUT2D eigenvalue weighted by atomic mass is 16.2. The summed E-state index contributed by atoms with van der Waals surface area (Å²) in [5.74, 6) is 2.57. The molecular weight excluding hydrogens is 402 g/mol. The molecule has 1 atom stereocenters. The summed E-state index contributed by atoms with van der Waals surface area (Å²) < 4.78 is 2.48. The minimum absolute atomic E-state index is 0.0961. The fourth-order valence-corrected chi connectivity index (χ4v) is 4.85. The van der Waals surface area contributed by atoms with Gasteiger partial charge in [0.1, 0.15) is 12.1 Å². The van der Waals surface area contributed by atoms with Gasteiger partial charge in [0.25, 0.3) is 0 Å². The van der Waals surface area contributed by atoms with Crippen molar-refractivity contribution >= 4 is 12.2 Å². The molecule has 1 aliphatic carbocycles. The highest BCUT2D eigenvalue weighted by molar-refractivity contribution is 5.78. The van der Waals surface area contributed by atoms with Crippen molar-refractivity contribution in [2.24, 2.45) is 11.8 Å². The van der Waals surface area contributed by atoms with Gasteiger partial charge in [0.05, 0.1) is 18.3 Å².